The minimum absolute atomic E-state index is 0.0510. The molecule has 1 atom stereocenters. The number of nitrogens with one attached hydrogen (secondary N) is 2. The molecule has 6 nitrogen and oxygen atoms in total. The van der Waals surface area contributed by atoms with E-state index in [4.69, 9.17) is 4.74 Å². The van der Waals surface area contributed by atoms with Crippen LogP contribution in [-0.2, 0) is 4.74 Å². The molecule has 6 heteroatoms. The Kier molecular flexibility index (Phi) is 5.43. The van der Waals surface area contributed by atoms with Crippen molar-refractivity contribution in [2.75, 3.05) is 19.0 Å². The molecule has 0 aliphatic heterocycles. The van der Waals surface area contributed by atoms with Gasteiger partial charge in [0, 0.05) is 30.3 Å². The third kappa shape index (κ3) is 4.53. The van der Waals surface area contributed by atoms with Gasteiger partial charge in [0.25, 0.3) is 0 Å². The number of aromatic nitrogens is 2. The maximum absolute atomic E-state index is 11.8. The van der Waals surface area contributed by atoms with E-state index in [0.29, 0.717) is 18.1 Å². The average molecular weight is 300 g/mol. The lowest BCUT2D eigenvalue weighted by molar-refractivity contribution is 0.173. The fourth-order valence-electron chi connectivity index (χ4n) is 1.97. The summed E-state index contributed by atoms with van der Waals surface area (Å²) in [5.74, 6) is 0.671. The van der Waals surface area contributed by atoms with E-state index in [-0.39, 0.29) is 12.1 Å². The Labute approximate surface area is 129 Å². The minimum Gasteiger partial charge on any atom is -0.383 e. The number of carbonyl (C=O) groups excluding carboxylic acids is 1. The van der Waals surface area contributed by atoms with E-state index in [9.17, 15) is 4.79 Å². The van der Waals surface area contributed by atoms with Crippen LogP contribution < -0.4 is 10.6 Å². The highest BCUT2D eigenvalue weighted by Crippen LogP contribution is 2.17. The molecule has 1 aromatic heterocycles. The maximum Gasteiger partial charge on any atom is 0.319 e. The van der Waals surface area contributed by atoms with E-state index in [1.807, 2.05) is 44.2 Å². The summed E-state index contributed by atoms with van der Waals surface area (Å²) in [7, 11) is 1.60. The number of aryl methyl sites for hydroxylation is 1. The van der Waals surface area contributed by atoms with Crippen molar-refractivity contribution in [2.45, 2.75) is 19.9 Å². The first kappa shape index (κ1) is 15.9. The lowest BCUT2D eigenvalue weighted by Gasteiger charge is -2.13. The van der Waals surface area contributed by atoms with E-state index < -0.39 is 0 Å². The lowest BCUT2D eigenvalue weighted by atomic mass is 10.2. The molecule has 0 aliphatic rings. The molecule has 2 N–H and O–H groups in total. The molecule has 2 aromatic rings. The van der Waals surface area contributed by atoms with Crippen molar-refractivity contribution in [3.8, 4) is 11.4 Å². The second kappa shape index (κ2) is 7.51. The van der Waals surface area contributed by atoms with Crippen LogP contribution in [0.25, 0.3) is 11.4 Å². The number of rotatable bonds is 5. The highest BCUT2D eigenvalue weighted by Gasteiger charge is 2.07. The Bertz CT molecular complexity index is 628. The van der Waals surface area contributed by atoms with Crippen LogP contribution >= 0.6 is 0 Å². The molecule has 2 rings (SSSR count). The van der Waals surface area contributed by atoms with Gasteiger partial charge in [0.15, 0.2) is 5.82 Å². The Morgan fingerprint density at radius 1 is 1.27 bits per heavy atom. The molecule has 0 fully saturated rings. The molecule has 0 aliphatic carbocycles. The van der Waals surface area contributed by atoms with Crippen molar-refractivity contribution >= 4 is 11.7 Å². The fraction of sp³-hybridized carbons (Fsp3) is 0.312. The number of hydrogen-bond acceptors (Lipinski definition) is 4. The lowest BCUT2D eigenvalue weighted by Crippen LogP contribution is -2.38. The van der Waals surface area contributed by atoms with Gasteiger partial charge in [-0.1, -0.05) is 0 Å². The molecule has 116 valence electrons. The van der Waals surface area contributed by atoms with Gasteiger partial charge >= 0.3 is 6.03 Å². The van der Waals surface area contributed by atoms with E-state index in [1.54, 1.807) is 13.3 Å². The van der Waals surface area contributed by atoms with Gasteiger partial charge in [-0.15, -0.1) is 0 Å². The summed E-state index contributed by atoms with van der Waals surface area (Å²) < 4.78 is 4.97. The van der Waals surface area contributed by atoms with Crippen molar-refractivity contribution < 1.29 is 9.53 Å². The predicted molar refractivity (Wildman–Crippen MR) is 85.7 cm³/mol. The smallest absolute Gasteiger partial charge is 0.319 e. The first-order chi connectivity index (χ1) is 10.6. The van der Waals surface area contributed by atoms with Gasteiger partial charge in [-0.3, -0.25) is 0 Å². The third-order valence-corrected chi connectivity index (χ3v) is 2.99. The van der Waals surface area contributed by atoms with Crippen LogP contribution in [0.1, 0.15) is 12.6 Å². The Hall–Kier alpha value is -2.47. The Morgan fingerprint density at radius 3 is 2.64 bits per heavy atom. The van der Waals surface area contributed by atoms with Crippen molar-refractivity contribution in [3.05, 3.63) is 42.2 Å². The number of amides is 2. The maximum atomic E-state index is 11.8. The van der Waals surface area contributed by atoms with Crippen LogP contribution in [0.2, 0.25) is 0 Å². The summed E-state index contributed by atoms with van der Waals surface area (Å²) in [4.78, 5) is 20.4. The molecule has 2 amide bonds. The standard InChI is InChI=1S/C16H20N4O2/c1-11-8-9-17-15(18-11)13-4-6-14(7-5-13)20-16(21)19-12(2)10-22-3/h4-9,12H,10H2,1-3H3,(H2,19,20,21). The highest BCUT2D eigenvalue weighted by molar-refractivity contribution is 5.89. The number of ether oxygens (including phenoxy) is 1. The number of benzene rings is 1. The summed E-state index contributed by atoms with van der Waals surface area (Å²) in [5, 5.41) is 5.56. The Morgan fingerprint density at radius 2 is 2.00 bits per heavy atom. The average Bonchev–Trinajstić information content (AvgIpc) is 2.48. The quantitative estimate of drug-likeness (QED) is 0.890. The molecule has 0 saturated carbocycles. The van der Waals surface area contributed by atoms with Crippen LogP contribution in [0.3, 0.4) is 0 Å². The zero-order valence-electron chi connectivity index (χ0n) is 13.0. The van der Waals surface area contributed by atoms with Gasteiger partial charge < -0.3 is 15.4 Å². The summed E-state index contributed by atoms with van der Waals surface area (Å²) >= 11 is 0. The summed E-state index contributed by atoms with van der Waals surface area (Å²) in [6.45, 7) is 4.27. The summed E-state index contributed by atoms with van der Waals surface area (Å²) in [5.41, 5.74) is 2.53. The van der Waals surface area contributed by atoms with Crippen molar-refractivity contribution in [1.29, 1.82) is 0 Å². The molecule has 1 unspecified atom stereocenters. The van der Waals surface area contributed by atoms with Crippen LogP contribution in [-0.4, -0.2) is 35.8 Å². The predicted octanol–water partition coefficient (Wildman–Crippen LogP) is 2.61. The van der Waals surface area contributed by atoms with Gasteiger partial charge in [-0.2, -0.15) is 0 Å². The second-order valence-electron chi connectivity index (χ2n) is 5.05. The van der Waals surface area contributed by atoms with Crippen LogP contribution in [0.5, 0.6) is 0 Å². The number of nitrogens with zero attached hydrogens (tertiary/aromatic N) is 2. The molecule has 0 saturated heterocycles. The zero-order valence-corrected chi connectivity index (χ0v) is 13.0. The van der Waals surface area contributed by atoms with Gasteiger partial charge in [0.1, 0.15) is 0 Å². The van der Waals surface area contributed by atoms with E-state index in [2.05, 4.69) is 20.6 Å². The van der Waals surface area contributed by atoms with Crippen molar-refractivity contribution in [2.24, 2.45) is 0 Å². The summed E-state index contributed by atoms with van der Waals surface area (Å²) in [6, 6.07) is 8.94. The van der Waals surface area contributed by atoms with Crippen LogP contribution in [0, 0.1) is 6.92 Å². The van der Waals surface area contributed by atoms with Crippen molar-refractivity contribution in [3.63, 3.8) is 0 Å². The molecular formula is C16H20N4O2. The first-order valence-electron chi connectivity index (χ1n) is 7.05. The fourth-order valence-corrected chi connectivity index (χ4v) is 1.97. The minimum atomic E-state index is -0.260. The van der Waals surface area contributed by atoms with E-state index in [1.165, 1.54) is 0 Å². The van der Waals surface area contributed by atoms with Crippen LogP contribution in [0.15, 0.2) is 36.5 Å². The molecule has 0 radical (unpaired) electrons. The molecule has 1 aromatic carbocycles. The monoisotopic (exact) mass is 300 g/mol. The number of anilines is 1. The van der Waals surface area contributed by atoms with Gasteiger partial charge in [-0.05, 0) is 44.2 Å². The number of methoxy groups -OCH3 is 1. The molecule has 0 bridgehead atoms. The largest absolute Gasteiger partial charge is 0.383 e. The highest BCUT2D eigenvalue weighted by atomic mass is 16.5. The normalized spacial score (nSPS) is 11.8. The Balaban J connectivity index is 1.99. The first-order valence-corrected chi connectivity index (χ1v) is 7.05. The number of urea groups is 1. The van der Waals surface area contributed by atoms with Crippen LogP contribution in [0.4, 0.5) is 10.5 Å². The van der Waals surface area contributed by atoms with Gasteiger partial charge in [0.05, 0.1) is 12.6 Å². The molecule has 1 heterocycles. The second-order valence-corrected chi connectivity index (χ2v) is 5.05. The van der Waals surface area contributed by atoms with E-state index in [0.717, 1.165) is 11.3 Å². The molecule has 0 spiro atoms. The van der Waals surface area contributed by atoms with Gasteiger partial charge in [0.2, 0.25) is 0 Å². The number of carbonyl (C=O) groups is 1. The van der Waals surface area contributed by atoms with E-state index >= 15 is 0 Å². The SMILES string of the molecule is COCC(C)NC(=O)Nc1ccc(-c2nccc(C)n2)cc1. The molecule has 22 heavy (non-hydrogen) atoms. The summed E-state index contributed by atoms with van der Waals surface area (Å²) in [6.07, 6.45) is 1.73. The van der Waals surface area contributed by atoms with Crippen molar-refractivity contribution in [1.82, 2.24) is 15.3 Å². The molecular weight excluding hydrogens is 280 g/mol. The van der Waals surface area contributed by atoms with Gasteiger partial charge in [-0.25, -0.2) is 14.8 Å². The number of hydrogen-bond donors (Lipinski definition) is 2. The third-order valence-electron chi connectivity index (χ3n) is 2.99. The topological polar surface area (TPSA) is 76.1 Å². The zero-order chi connectivity index (χ0) is 15.9.